The van der Waals surface area contributed by atoms with Gasteiger partial charge < -0.3 is 9.80 Å². The van der Waals surface area contributed by atoms with Crippen LogP contribution in [0.4, 0.5) is 5.82 Å². The molecule has 2 heterocycles. The highest BCUT2D eigenvalue weighted by Crippen LogP contribution is 2.19. The van der Waals surface area contributed by atoms with Gasteiger partial charge in [-0.2, -0.15) is 0 Å². The fourth-order valence-electron chi connectivity index (χ4n) is 2.59. The van der Waals surface area contributed by atoms with Gasteiger partial charge in [-0.1, -0.05) is 23.6 Å². The molecule has 1 saturated heterocycles. The molecule has 0 aliphatic carbocycles. The number of hydrogen-bond acceptors (Lipinski definition) is 4. The van der Waals surface area contributed by atoms with Crippen molar-refractivity contribution in [2.24, 2.45) is 0 Å². The van der Waals surface area contributed by atoms with Crippen LogP contribution in [0.2, 0.25) is 5.02 Å². The molecule has 1 amide bonds. The van der Waals surface area contributed by atoms with E-state index in [1.165, 1.54) is 0 Å². The van der Waals surface area contributed by atoms with Gasteiger partial charge in [0.05, 0.1) is 5.51 Å². The Labute approximate surface area is 144 Å². The third kappa shape index (κ3) is 3.84. The highest BCUT2D eigenvalue weighted by atomic mass is 35.5. The van der Waals surface area contributed by atoms with Gasteiger partial charge in [-0.25, -0.2) is 4.98 Å². The largest absolute Gasteiger partial charge is 0.352 e. The number of piperazine rings is 1. The van der Waals surface area contributed by atoms with Crippen LogP contribution in [0.5, 0.6) is 0 Å². The summed E-state index contributed by atoms with van der Waals surface area (Å²) in [4.78, 5) is 20.7. The minimum Gasteiger partial charge on any atom is -0.352 e. The second-order valence-electron chi connectivity index (χ2n) is 5.40. The van der Waals surface area contributed by atoms with Crippen molar-refractivity contribution in [1.82, 2.24) is 9.88 Å². The van der Waals surface area contributed by atoms with Crippen molar-refractivity contribution in [3.8, 4) is 11.8 Å². The second-order valence-corrected chi connectivity index (χ2v) is 6.56. The number of thiazole rings is 1. The zero-order valence-corrected chi connectivity index (χ0v) is 14.3. The maximum atomic E-state index is 12.3. The van der Waals surface area contributed by atoms with Gasteiger partial charge in [0.2, 0.25) is 0 Å². The summed E-state index contributed by atoms with van der Waals surface area (Å²) in [5.41, 5.74) is 2.58. The monoisotopic (exact) mass is 345 g/mol. The Morgan fingerprint density at radius 1 is 1.43 bits per heavy atom. The summed E-state index contributed by atoms with van der Waals surface area (Å²) in [5, 5.41) is 2.65. The lowest BCUT2D eigenvalue weighted by molar-refractivity contribution is -0.127. The molecule has 1 unspecified atom stereocenters. The summed E-state index contributed by atoms with van der Waals surface area (Å²) < 4.78 is 0. The molecule has 1 aliphatic heterocycles. The van der Waals surface area contributed by atoms with Crippen LogP contribution in [0.25, 0.3) is 0 Å². The molecule has 4 nitrogen and oxygen atoms in total. The van der Waals surface area contributed by atoms with Gasteiger partial charge in [0.25, 0.3) is 5.91 Å². The minimum atomic E-state index is -0.143. The molecule has 23 heavy (non-hydrogen) atoms. The number of amides is 1. The molecule has 1 aliphatic rings. The first kappa shape index (κ1) is 15.9. The molecule has 1 aromatic carbocycles. The number of aromatic nitrogens is 1. The van der Waals surface area contributed by atoms with Crippen LogP contribution in [-0.4, -0.2) is 41.5 Å². The van der Waals surface area contributed by atoms with Crippen molar-refractivity contribution < 1.29 is 4.79 Å². The molecule has 0 spiro atoms. The van der Waals surface area contributed by atoms with Gasteiger partial charge in [-0.05, 0) is 25.1 Å². The first-order valence-electron chi connectivity index (χ1n) is 7.35. The third-order valence-corrected chi connectivity index (χ3v) is 4.58. The third-order valence-electron chi connectivity index (χ3n) is 3.77. The Hall–Kier alpha value is -2.03. The molecule has 6 heteroatoms. The van der Waals surface area contributed by atoms with Crippen LogP contribution in [0, 0.1) is 11.8 Å². The topological polar surface area (TPSA) is 36.4 Å². The molecule has 0 bridgehead atoms. The van der Waals surface area contributed by atoms with Crippen LogP contribution >= 0.6 is 22.9 Å². The van der Waals surface area contributed by atoms with E-state index in [-0.39, 0.29) is 11.9 Å². The highest BCUT2D eigenvalue weighted by Gasteiger charge is 2.27. The minimum absolute atomic E-state index is 0.103. The summed E-state index contributed by atoms with van der Waals surface area (Å²) in [6, 6.07) is 7.31. The number of carbonyl (C=O) groups excluding carboxylic acids is 1. The van der Waals surface area contributed by atoms with Crippen molar-refractivity contribution in [3.63, 3.8) is 0 Å². The van der Waals surface area contributed by atoms with Crippen LogP contribution in [0.1, 0.15) is 12.5 Å². The highest BCUT2D eigenvalue weighted by molar-refractivity contribution is 7.07. The Kier molecular flexibility index (Phi) is 4.85. The number of carbonyl (C=O) groups is 1. The van der Waals surface area contributed by atoms with E-state index in [1.807, 2.05) is 34.8 Å². The summed E-state index contributed by atoms with van der Waals surface area (Å²) in [7, 11) is 0. The number of anilines is 1. The van der Waals surface area contributed by atoms with Gasteiger partial charge in [-0.3, -0.25) is 4.79 Å². The summed E-state index contributed by atoms with van der Waals surface area (Å²) >= 11 is 7.51. The average molecular weight is 346 g/mol. The van der Waals surface area contributed by atoms with Gasteiger partial charge in [0.15, 0.2) is 0 Å². The SMILES string of the molecule is CC1CN(c2cscn2)CCN1C(=O)C#Cc1cccc(Cl)c1. The van der Waals surface area contributed by atoms with E-state index in [0.29, 0.717) is 11.6 Å². The van der Waals surface area contributed by atoms with Crippen LogP contribution < -0.4 is 4.90 Å². The van der Waals surface area contributed by atoms with Crippen molar-refractivity contribution in [3.05, 3.63) is 45.7 Å². The molecule has 118 valence electrons. The maximum absolute atomic E-state index is 12.3. The van der Waals surface area contributed by atoms with Crippen molar-refractivity contribution in [2.45, 2.75) is 13.0 Å². The molecule has 2 aromatic rings. The van der Waals surface area contributed by atoms with Crippen LogP contribution in [-0.2, 0) is 4.79 Å². The number of nitrogens with zero attached hydrogens (tertiary/aromatic N) is 3. The number of rotatable bonds is 1. The zero-order valence-electron chi connectivity index (χ0n) is 12.7. The van der Waals surface area contributed by atoms with E-state index < -0.39 is 0 Å². The van der Waals surface area contributed by atoms with Crippen LogP contribution in [0.15, 0.2) is 35.2 Å². The molecule has 1 aromatic heterocycles. The standard InChI is InChI=1S/C17H16ClN3OS/c1-13-10-20(16-11-23-12-19-16)7-8-21(13)17(22)6-5-14-3-2-4-15(18)9-14/h2-4,9,11-13H,7-8,10H2,1H3. The number of halogens is 1. The number of hydrogen-bond donors (Lipinski definition) is 0. The van der Waals surface area contributed by atoms with Gasteiger partial charge in [0.1, 0.15) is 5.82 Å². The summed E-state index contributed by atoms with van der Waals surface area (Å²) in [6.07, 6.45) is 0. The van der Waals surface area contributed by atoms with E-state index in [2.05, 4.69) is 21.7 Å². The molecule has 1 fully saturated rings. The van der Waals surface area contributed by atoms with Crippen molar-refractivity contribution >= 4 is 34.7 Å². The first-order valence-corrected chi connectivity index (χ1v) is 8.67. The lowest BCUT2D eigenvalue weighted by Gasteiger charge is -2.39. The van der Waals surface area contributed by atoms with E-state index in [0.717, 1.165) is 24.5 Å². The van der Waals surface area contributed by atoms with Crippen LogP contribution in [0.3, 0.4) is 0 Å². The van der Waals surface area contributed by atoms with Gasteiger partial charge in [0, 0.05) is 47.6 Å². The molecular weight excluding hydrogens is 330 g/mol. The molecule has 0 N–H and O–H groups in total. The van der Waals surface area contributed by atoms with E-state index >= 15 is 0 Å². The number of benzene rings is 1. The van der Waals surface area contributed by atoms with E-state index in [1.54, 1.807) is 23.5 Å². The maximum Gasteiger partial charge on any atom is 0.299 e. The predicted molar refractivity (Wildman–Crippen MR) is 93.8 cm³/mol. The van der Waals surface area contributed by atoms with Crippen molar-refractivity contribution in [2.75, 3.05) is 24.5 Å². The van der Waals surface area contributed by atoms with Crippen molar-refractivity contribution in [1.29, 1.82) is 0 Å². The zero-order chi connectivity index (χ0) is 16.2. The molecule has 1 atom stereocenters. The average Bonchev–Trinajstić information content (AvgIpc) is 3.07. The van der Waals surface area contributed by atoms with E-state index in [9.17, 15) is 4.79 Å². The van der Waals surface area contributed by atoms with E-state index in [4.69, 9.17) is 11.6 Å². The smallest absolute Gasteiger partial charge is 0.299 e. The quantitative estimate of drug-likeness (QED) is 0.746. The Morgan fingerprint density at radius 3 is 3.00 bits per heavy atom. The van der Waals surface area contributed by atoms with Gasteiger partial charge >= 0.3 is 0 Å². The molecule has 3 rings (SSSR count). The fourth-order valence-corrected chi connectivity index (χ4v) is 3.35. The summed E-state index contributed by atoms with van der Waals surface area (Å²) in [6.45, 7) is 4.24. The lowest BCUT2D eigenvalue weighted by Crippen LogP contribution is -2.54. The normalized spacial score (nSPS) is 17.6. The lowest BCUT2D eigenvalue weighted by atomic mass is 10.2. The summed E-state index contributed by atoms with van der Waals surface area (Å²) in [5.74, 6) is 6.46. The first-order chi connectivity index (χ1) is 11.1. The molecule has 0 saturated carbocycles. The Balaban J connectivity index is 1.65. The molecular formula is C17H16ClN3OS. The fraction of sp³-hybridized carbons (Fsp3) is 0.294. The molecule has 0 radical (unpaired) electrons. The second kappa shape index (κ2) is 7.03. The Morgan fingerprint density at radius 2 is 2.30 bits per heavy atom. The predicted octanol–water partition coefficient (Wildman–Crippen LogP) is 2.89. The Bertz CT molecular complexity index is 751. The van der Waals surface area contributed by atoms with Gasteiger partial charge in [-0.15, -0.1) is 11.3 Å².